The lowest BCUT2D eigenvalue weighted by atomic mass is 10.2. The van der Waals surface area contributed by atoms with Gasteiger partial charge >= 0.3 is 6.61 Å². The van der Waals surface area contributed by atoms with E-state index in [1.54, 1.807) is 18.3 Å². The average Bonchev–Trinajstić information content (AvgIpc) is 2.42. The fraction of sp³-hybridized carbons (Fsp3) is 0.133. The van der Waals surface area contributed by atoms with E-state index in [1.807, 2.05) is 31.2 Å². The second-order valence-corrected chi connectivity index (χ2v) is 4.18. The van der Waals surface area contributed by atoms with Crippen LogP contribution < -0.4 is 10.2 Å². The molecule has 0 bridgehead atoms. The molecule has 0 radical (unpaired) electrons. The number of ether oxygens (including phenoxy) is 1. The summed E-state index contributed by atoms with van der Waals surface area (Å²) in [6.07, 6.45) is 1.60. The SMILES string of the molecule is Cc1ccc(N/N=C\c2ccc(OC(F)F)cc2)cc1. The van der Waals surface area contributed by atoms with Crippen molar-refractivity contribution >= 4 is 11.9 Å². The number of hydrogen-bond acceptors (Lipinski definition) is 3. The van der Waals surface area contributed by atoms with Gasteiger partial charge in [0.15, 0.2) is 0 Å². The van der Waals surface area contributed by atoms with E-state index in [-0.39, 0.29) is 5.75 Å². The molecule has 0 aliphatic rings. The van der Waals surface area contributed by atoms with Crippen LogP contribution in [0.15, 0.2) is 53.6 Å². The van der Waals surface area contributed by atoms with Crippen LogP contribution in [0.25, 0.3) is 0 Å². The Kier molecular flexibility index (Phi) is 4.65. The minimum atomic E-state index is -2.81. The second kappa shape index (κ2) is 6.65. The standard InChI is InChI=1S/C15H14F2N2O/c1-11-2-6-13(7-3-11)19-18-10-12-4-8-14(9-5-12)20-15(16)17/h2-10,15,19H,1H3/b18-10-. The van der Waals surface area contributed by atoms with Gasteiger partial charge in [-0.2, -0.15) is 13.9 Å². The molecule has 0 heterocycles. The van der Waals surface area contributed by atoms with Crippen LogP contribution in [0.2, 0.25) is 0 Å². The van der Waals surface area contributed by atoms with E-state index in [4.69, 9.17) is 0 Å². The molecule has 0 unspecified atom stereocenters. The van der Waals surface area contributed by atoms with E-state index in [1.165, 1.54) is 17.7 Å². The maximum absolute atomic E-state index is 12.0. The fourth-order valence-electron chi connectivity index (χ4n) is 1.54. The number of halogens is 2. The van der Waals surface area contributed by atoms with Crippen molar-refractivity contribution in [3.63, 3.8) is 0 Å². The van der Waals surface area contributed by atoms with Crippen molar-refractivity contribution < 1.29 is 13.5 Å². The molecular formula is C15H14F2N2O. The summed E-state index contributed by atoms with van der Waals surface area (Å²) in [6.45, 7) is -0.798. The van der Waals surface area contributed by atoms with E-state index < -0.39 is 6.61 Å². The third-order valence-corrected chi connectivity index (χ3v) is 2.56. The highest BCUT2D eigenvalue weighted by Crippen LogP contribution is 2.14. The predicted molar refractivity (Wildman–Crippen MR) is 75.5 cm³/mol. The molecule has 0 aliphatic carbocycles. The summed E-state index contributed by atoms with van der Waals surface area (Å²) < 4.78 is 28.2. The van der Waals surface area contributed by atoms with Crippen LogP contribution in [-0.4, -0.2) is 12.8 Å². The highest BCUT2D eigenvalue weighted by atomic mass is 19.3. The van der Waals surface area contributed by atoms with Gasteiger partial charge in [-0.3, -0.25) is 5.43 Å². The molecule has 0 saturated heterocycles. The van der Waals surface area contributed by atoms with E-state index >= 15 is 0 Å². The lowest BCUT2D eigenvalue weighted by molar-refractivity contribution is -0.0498. The molecule has 5 heteroatoms. The molecule has 2 aromatic carbocycles. The number of hydrogen-bond donors (Lipinski definition) is 1. The predicted octanol–water partition coefficient (Wildman–Crippen LogP) is 4.04. The summed E-state index contributed by atoms with van der Waals surface area (Å²) in [5.74, 6) is 0.128. The van der Waals surface area contributed by atoms with Gasteiger partial charge in [-0.05, 0) is 48.9 Å². The molecule has 20 heavy (non-hydrogen) atoms. The lowest BCUT2D eigenvalue weighted by Crippen LogP contribution is -2.01. The smallest absolute Gasteiger partial charge is 0.387 e. The number of rotatable bonds is 5. The van der Waals surface area contributed by atoms with Crippen LogP contribution in [0.4, 0.5) is 14.5 Å². The molecule has 0 saturated carbocycles. The van der Waals surface area contributed by atoms with Gasteiger partial charge in [0.1, 0.15) is 5.75 Å². The van der Waals surface area contributed by atoms with Crippen LogP contribution in [0, 0.1) is 6.92 Å². The first-order valence-electron chi connectivity index (χ1n) is 6.04. The van der Waals surface area contributed by atoms with Crippen LogP contribution in [-0.2, 0) is 0 Å². The Bertz CT molecular complexity index is 565. The first-order chi connectivity index (χ1) is 9.63. The van der Waals surface area contributed by atoms with Crippen molar-refractivity contribution in [2.24, 2.45) is 5.10 Å². The number of aryl methyl sites for hydroxylation is 1. The molecule has 0 fully saturated rings. The number of hydrazone groups is 1. The zero-order valence-electron chi connectivity index (χ0n) is 10.9. The summed E-state index contributed by atoms with van der Waals surface area (Å²) in [6, 6.07) is 14.1. The van der Waals surface area contributed by atoms with Crippen molar-refractivity contribution in [3.05, 3.63) is 59.7 Å². The normalized spacial score (nSPS) is 11.0. The second-order valence-electron chi connectivity index (χ2n) is 4.18. The Balaban J connectivity index is 1.92. The minimum Gasteiger partial charge on any atom is -0.435 e. The van der Waals surface area contributed by atoms with Gasteiger partial charge < -0.3 is 4.74 Å². The Morgan fingerprint density at radius 2 is 1.70 bits per heavy atom. The molecule has 3 nitrogen and oxygen atoms in total. The van der Waals surface area contributed by atoms with E-state index in [2.05, 4.69) is 15.3 Å². The first-order valence-corrected chi connectivity index (χ1v) is 6.04. The average molecular weight is 276 g/mol. The van der Waals surface area contributed by atoms with Crippen LogP contribution in [0.1, 0.15) is 11.1 Å². The molecule has 0 amide bonds. The van der Waals surface area contributed by atoms with Gasteiger partial charge in [-0.25, -0.2) is 0 Å². The molecule has 0 spiro atoms. The molecule has 0 aliphatic heterocycles. The number of nitrogens with zero attached hydrogens (tertiary/aromatic N) is 1. The monoisotopic (exact) mass is 276 g/mol. The maximum atomic E-state index is 12.0. The third kappa shape index (κ3) is 4.35. The number of nitrogens with one attached hydrogen (secondary N) is 1. The molecule has 1 N–H and O–H groups in total. The highest BCUT2D eigenvalue weighted by Gasteiger charge is 2.02. The zero-order valence-corrected chi connectivity index (χ0v) is 10.9. The Morgan fingerprint density at radius 3 is 2.30 bits per heavy atom. The van der Waals surface area contributed by atoms with Crippen molar-refractivity contribution in [1.29, 1.82) is 0 Å². The Hall–Kier alpha value is -2.43. The number of anilines is 1. The molecule has 2 rings (SSSR count). The topological polar surface area (TPSA) is 33.6 Å². The maximum Gasteiger partial charge on any atom is 0.387 e. The lowest BCUT2D eigenvalue weighted by Gasteiger charge is -2.04. The van der Waals surface area contributed by atoms with Gasteiger partial charge in [0.05, 0.1) is 11.9 Å². The summed E-state index contributed by atoms with van der Waals surface area (Å²) in [5, 5.41) is 4.07. The Labute approximate surface area is 115 Å². The fourth-order valence-corrected chi connectivity index (χ4v) is 1.54. The van der Waals surface area contributed by atoms with Gasteiger partial charge in [-0.15, -0.1) is 0 Å². The molecule has 0 atom stereocenters. The van der Waals surface area contributed by atoms with Crippen LogP contribution >= 0.6 is 0 Å². The van der Waals surface area contributed by atoms with Crippen LogP contribution in [0.5, 0.6) is 5.75 Å². The Morgan fingerprint density at radius 1 is 1.05 bits per heavy atom. The van der Waals surface area contributed by atoms with Gasteiger partial charge in [0, 0.05) is 0 Å². The minimum absolute atomic E-state index is 0.128. The summed E-state index contributed by atoms with van der Waals surface area (Å²) in [5.41, 5.74) is 5.72. The summed E-state index contributed by atoms with van der Waals surface area (Å²) in [7, 11) is 0. The summed E-state index contributed by atoms with van der Waals surface area (Å²) in [4.78, 5) is 0. The van der Waals surface area contributed by atoms with E-state index in [0.717, 1.165) is 11.3 Å². The van der Waals surface area contributed by atoms with E-state index in [9.17, 15) is 8.78 Å². The number of alkyl halides is 2. The molecule has 2 aromatic rings. The van der Waals surface area contributed by atoms with Gasteiger partial charge in [0.25, 0.3) is 0 Å². The summed E-state index contributed by atoms with van der Waals surface area (Å²) >= 11 is 0. The molecule has 104 valence electrons. The largest absolute Gasteiger partial charge is 0.435 e. The first kappa shape index (κ1) is 14.0. The van der Waals surface area contributed by atoms with E-state index in [0.29, 0.717) is 0 Å². The van der Waals surface area contributed by atoms with Crippen molar-refractivity contribution in [1.82, 2.24) is 0 Å². The molecule has 0 aromatic heterocycles. The molecular weight excluding hydrogens is 262 g/mol. The highest BCUT2D eigenvalue weighted by molar-refractivity contribution is 5.80. The van der Waals surface area contributed by atoms with Gasteiger partial charge in [0.2, 0.25) is 0 Å². The van der Waals surface area contributed by atoms with Gasteiger partial charge in [-0.1, -0.05) is 17.7 Å². The van der Waals surface area contributed by atoms with Crippen molar-refractivity contribution in [3.8, 4) is 5.75 Å². The zero-order chi connectivity index (χ0) is 14.4. The van der Waals surface area contributed by atoms with Crippen LogP contribution in [0.3, 0.4) is 0 Å². The van der Waals surface area contributed by atoms with Crippen molar-refractivity contribution in [2.75, 3.05) is 5.43 Å². The number of benzene rings is 2. The quantitative estimate of drug-likeness (QED) is 0.660. The third-order valence-electron chi connectivity index (χ3n) is 2.56. The van der Waals surface area contributed by atoms with Crippen molar-refractivity contribution in [2.45, 2.75) is 13.5 Å².